The third kappa shape index (κ3) is 2.34. The van der Waals surface area contributed by atoms with Gasteiger partial charge < -0.3 is 0 Å². The number of hydrogen-bond acceptors (Lipinski definition) is 1. The van der Waals surface area contributed by atoms with Crippen molar-refractivity contribution in [3.8, 4) is 17.2 Å². The summed E-state index contributed by atoms with van der Waals surface area (Å²) in [5.74, 6) is -0.162. The lowest BCUT2D eigenvalue weighted by Gasteiger charge is -2.05. The van der Waals surface area contributed by atoms with Crippen LogP contribution >= 0.6 is 0 Å². The van der Waals surface area contributed by atoms with E-state index in [0.29, 0.717) is 17.5 Å². The van der Waals surface area contributed by atoms with Crippen molar-refractivity contribution in [3.05, 3.63) is 59.4 Å². The van der Waals surface area contributed by atoms with Gasteiger partial charge in [-0.15, -0.1) is 0 Å². The molecule has 0 aliphatic heterocycles. The van der Waals surface area contributed by atoms with Crippen LogP contribution in [0.15, 0.2) is 42.5 Å². The van der Waals surface area contributed by atoms with E-state index in [9.17, 15) is 4.39 Å². The number of nitrogens with zero attached hydrogens (tertiary/aromatic N) is 1. The first-order valence-electron chi connectivity index (χ1n) is 5.53. The highest BCUT2D eigenvalue weighted by molar-refractivity contribution is 5.65. The van der Waals surface area contributed by atoms with Crippen LogP contribution in [0.3, 0.4) is 0 Å². The van der Waals surface area contributed by atoms with Gasteiger partial charge in [0.15, 0.2) is 0 Å². The van der Waals surface area contributed by atoms with Gasteiger partial charge in [-0.1, -0.05) is 25.1 Å². The van der Waals surface area contributed by atoms with Crippen LogP contribution in [0.5, 0.6) is 0 Å². The Morgan fingerprint density at radius 3 is 2.29 bits per heavy atom. The molecule has 0 heterocycles. The molecule has 0 bridgehead atoms. The summed E-state index contributed by atoms with van der Waals surface area (Å²) >= 11 is 0. The topological polar surface area (TPSA) is 23.8 Å². The molecule has 2 aromatic carbocycles. The maximum Gasteiger partial charge on any atom is 0.126 e. The summed E-state index contributed by atoms with van der Waals surface area (Å²) < 4.78 is 13.4. The highest BCUT2D eigenvalue weighted by Crippen LogP contribution is 2.22. The fraction of sp³-hybridized carbons (Fsp3) is 0.133. The van der Waals surface area contributed by atoms with Crippen molar-refractivity contribution in [1.29, 1.82) is 5.26 Å². The molecule has 0 spiro atoms. The first-order chi connectivity index (χ1) is 8.24. The molecule has 0 aromatic heterocycles. The number of halogens is 1. The summed E-state index contributed by atoms with van der Waals surface area (Å²) in [7, 11) is 0. The molecule has 0 saturated carbocycles. The van der Waals surface area contributed by atoms with Crippen molar-refractivity contribution in [2.45, 2.75) is 13.3 Å². The van der Waals surface area contributed by atoms with Gasteiger partial charge in [-0.25, -0.2) is 4.39 Å². The fourth-order valence-corrected chi connectivity index (χ4v) is 1.76. The first kappa shape index (κ1) is 11.3. The van der Waals surface area contributed by atoms with E-state index in [2.05, 4.69) is 6.07 Å². The molecule has 0 amide bonds. The van der Waals surface area contributed by atoms with Gasteiger partial charge >= 0.3 is 0 Å². The highest BCUT2D eigenvalue weighted by atomic mass is 19.1. The summed E-state index contributed by atoms with van der Waals surface area (Å²) in [6.45, 7) is 1.93. The minimum atomic E-state index is -0.162. The molecule has 0 unspecified atom stereocenters. The maximum absolute atomic E-state index is 13.4. The first-order valence-corrected chi connectivity index (χ1v) is 5.53. The molecule has 0 fully saturated rings. The normalized spacial score (nSPS) is 9.94. The van der Waals surface area contributed by atoms with Crippen LogP contribution < -0.4 is 0 Å². The summed E-state index contributed by atoms with van der Waals surface area (Å²) in [6, 6.07) is 14.5. The molecule has 0 atom stereocenters. The minimum absolute atomic E-state index is 0.162. The zero-order valence-corrected chi connectivity index (χ0v) is 9.57. The molecular weight excluding hydrogens is 213 g/mol. The molecule has 0 aliphatic carbocycles. The van der Waals surface area contributed by atoms with Gasteiger partial charge in [0.25, 0.3) is 0 Å². The van der Waals surface area contributed by atoms with Crippen LogP contribution in [0.2, 0.25) is 0 Å². The fourth-order valence-electron chi connectivity index (χ4n) is 1.76. The van der Waals surface area contributed by atoms with Crippen LogP contribution in [0.25, 0.3) is 11.1 Å². The van der Waals surface area contributed by atoms with Crippen molar-refractivity contribution >= 4 is 0 Å². The molecule has 0 N–H and O–H groups in total. The van der Waals surface area contributed by atoms with Gasteiger partial charge in [0.2, 0.25) is 0 Å². The third-order valence-corrected chi connectivity index (χ3v) is 2.77. The van der Waals surface area contributed by atoms with Crippen molar-refractivity contribution in [2.75, 3.05) is 0 Å². The van der Waals surface area contributed by atoms with Crippen molar-refractivity contribution in [2.24, 2.45) is 0 Å². The summed E-state index contributed by atoms with van der Waals surface area (Å²) in [4.78, 5) is 0. The number of benzene rings is 2. The molecule has 0 saturated heterocycles. The lowest BCUT2D eigenvalue weighted by atomic mass is 10.0. The van der Waals surface area contributed by atoms with E-state index in [1.165, 1.54) is 6.07 Å². The zero-order valence-electron chi connectivity index (χ0n) is 9.57. The van der Waals surface area contributed by atoms with Crippen molar-refractivity contribution in [3.63, 3.8) is 0 Å². The average molecular weight is 225 g/mol. The van der Waals surface area contributed by atoms with Crippen molar-refractivity contribution in [1.82, 2.24) is 0 Å². The number of aryl methyl sites for hydroxylation is 1. The summed E-state index contributed by atoms with van der Waals surface area (Å²) in [6.07, 6.45) is 0.677. The average Bonchev–Trinajstić information content (AvgIpc) is 2.39. The van der Waals surface area contributed by atoms with Crippen LogP contribution in [-0.4, -0.2) is 0 Å². The Hall–Kier alpha value is -2.14. The van der Waals surface area contributed by atoms with E-state index in [1.54, 1.807) is 18.2 Å². The number of rotatable bonds is 2. The number of nitriles is 1. The Morgan fingerprint density at radius 1 is 1.06 bits per heavy atom. The third-order valence-electron chi connectivity index (χ3n) is 2.77. The van der Waals surface area contributed by atoms with Gasteiger partial charge in [0.05, 0.1) is 11.6 Å². The van der Waals surface area contributed by atoms with Crippen LogP contribution in [0.1, 0.15) is 18.1 Å². The summed E-state index contributed by atoms with van der Waals surface area (Å²) in [5.41, 5.74) is 3.32. The van der Waals surface area contributed by atoms with Gasteiger partial charge in [-0.3, -0.25) is 0 Å². The van der Waals surface area contributed by atoms with Crippen molar-refractivity contribution < 1.29 is 4.39 Å². The molecule has 0 radical (unpaired) electrons. The SMILES string of the molecule is CCc1cc(-c2ccc(C#N)cc2)ccc1F. The Balaban J connectivity index is 2.42. The summed E-state index contributed by atoms with van der Waals surface area (Å²) in [5, 5.41) is 8.72. The minimum Gasteiger partial charge on any atom is -0.207 e. The Labute approximate surface area is 100 Å². The second-order valence-corrected chi connectivity index (χ2v) is 3.85. The van der Waals surface area contributed by atoms with E-state index < -0.39 is 0 Å². The van der Waals surface area contributed by atoms with E-state index in [4.69, 9.17) is 5.26 Å². The van der Waals surface area contributed by atoms with Crippen LogP contribution in [-0.2, 0) is 6.42 Å². The molecule has 0 aliphatic rings. The quantitative estimate of drug-likeness (QED) is 0.759. The van der Waals surface area contributed by atoms with E-state index in [1.807, 2.05) is 25.1 Å². The Kier molecular flexibility index (Phi) is 3.20. The van der Waals surface area contributed by atoms with Gasteiger partial charge in [0, 0.05) is 0 Å². The van der Waals surface area contributed by atoms with Crippen LogP contribution in [0, 0.1) is 17.1 Å². The molecule has 2 aromatic rings. The molecular formula is C15H12FN. The molecule has 2 heteroatoms. The Bertz CT molecular complexity index is 564. The lowest BCUT2D eigenvalue weighted by Crippen LogP contribution is -1.88. The van der Waals surface area contributed by atoms with E-state index in [-0.39, 0.29) is 5.82 Å². The predicted octanol–water partition coefficient (Wildman–Crippen LogP) is 3.93. The second-order valence-electron chi connectivity index (χ2n) is 3.85. The standard InChI is InChI=1S/C15H12FN/c1-2-12-9-14(7-8-15(12)16)13-5-3-11(10-17)4-6-13/h3-9H,2H2,1H3. The van der Waals surface area contributed by atoms with E-state index in [0.717, 1.165) is 11.1 Å². The predicted molar refractivity (Wildman–Crippen MR) is 65.9 cm³/mol. The van der Waals surface area contributed by atoms with Gasteiger partial charge in [0.1, 0.15) is 5.82 Å². The van der Waals surface area contributed by atoms with Gasteiger partial charge in [-0.2, -0.15) is 5.26 Å². The molecule has 1 nitrogen and oxygen atoms in total. The Morgan fingerprint density at radius 2 is 1.71 bits per heavy atom. The smallest absolute Gasteiger partial charge is 0.126 e. The molecule has 84 valence electrons. The second kappa shape index (κ2) is 4.80. The zero-order chi connectivity index (χ0) is 12.3. The largest absolute Gasteiger partial charge is 0.207 e. The van der Waals surface area contributed by atoms with Gasteiger partial charge in [-0.05, 0) is 47.4 Å². The molecule has 17 heavy (non-hydrogen) atoms. The highest BCUT2D eigenvalue weighted by Gasteiger charge is 2.03. The molecule has 2 rings (SSSR count). The monoisotopic (exact) mass is 225 g/mol. The lowest BCUT2D eigenvalue weighted by molar-refractivity contribution is 0.612. The van der Waals surface area contributed by atoms with Crippen LogP contribution in [0.4, 0.5) is 4.39 Å². The van der Waals surface area contributed by atoms with E-state index >= 15 is 0 Å². The number of hydrogen-bond donors (Lipinski definition) is 0. The maximum atomic E-state index is 13.4.